The van der Waals surface area contributed by atoms with Gasteiger partial charge in [0.2, 0.25) is 5.88 Å². The predicted octanol–water partition coefficient (Wildman–Crippen LogP) is 4.71. The number of carbonyl (C=O) groups excluding carboxylic acids is 1. The minimum absolute atomic E-state index is 0.0815. The van der Waals surface area contributed by atoms with Gasteiger partial charge in [0.15, 0.2) is 5.78 Å². The van der Waals surface area contributed by atoms with Crippen molar-refractivity contribution in [1.82, 2.24) is 5.16 Å². The first-order valence-electron chi connectivity index (χ1n) is 8.92. The van der Waals surface area contributed by atoms with Crippen molar-refractivity contribution in [2.75, 3.05) is 5.32 Å². The molecule has 136 valence electrons. The van der Waals surface area contributed by atoms with Crippen molar-refractivity contribution in [3.05, 3.63) is 74.7 Å². The number of hydrogen-bond donors (Lipinski definition) is 2. The third kappa shape index (κ3) is 2.59. The molecule has 5 rings (SSSR count). The Kier molecular flexibility index (Phi) is 3.68. The first kappa shape index (κ1) is 16.3. The molecule has 0 spiro atoms. The van der Waals surface area contributed by atoms with Gasteiger partial charge in [-0.1, -0.05) is 17.3 Å². The molecule has 0 fully saturated rings. The Labute approximate surface area is 160 Å². The molecule has 0 unspecified atom stereocenters. The first-order valence-corrected chi connectivity index (χ1v) is 9.86. The minimum atomic E-state index is -0.123. The molecular weight excluding hydrogens is 360 g/mol. The Morgan fingerprint density at radius 2 is 2.00 bits per heavy atom. The molecule has 1 aromatic carbocycles. The van der Waals surface area contributed by atoms with Gasteiger partial charge in [-0.25, -0.2) is 0 Å². The molecule has 0 saturated heterocycles. The lowest BCUT2D eigenvalue weighted by molar-refractivity contribution is -0.116. The number of aryl methyl sites for hydroxylation is 1. The zero-order valence-corrected chi connectivity index (χ0v) is 15.5. The summed E-state index contributed by atoms with van der Waals surface area (Å²) in [4.78, 5) is 13.2. The number of allylic oxidation sites excluding steroid dienone is 2. The topological polar surface area (TPSA) is 75.4 Å². The number of anilines is 1. The fourth-order valence-electron chi connectivity index (χ4n) is 4.23. The first-order chi connectivity index (χ1) is 13.1. The number of phenols is 1. The Morgan fingerprint density at radius 1 is 1.19 bits per heavy atom. The second kappa shape index (κ2) is 6.09. The number of rotatable bonds is 2. The van der Waals surface area contributed by atoms with Gasteiger partial charge in [0, 0.05) is 23.6 Å². The van der Waals surface area contributed by atoms with Crippen molar-refractivity contribution in [3.63, 3.8) is 0 Å². The van der Waals surface area contributed by atoms with Gasteiger partial charge in [-0.3, -0.25) is 4.79 Å². The van der Waals surface area contributed by atoms with Crippen LogP contribution in [0.15, 0.2) is 56.9 Å². The number of aromatic hydroxyl groups is 1. The van der Waals surface area contributed by atoms with E-state index in [1.165, 1.54) is 0 Å². The van der Waals surface area contributed by atoms with Gasteiger partial charge < -0.3 is 14.9 Å². The van der Waals surface area contributed by atoms with Crippen molar-refractivity contribution in [2.45, 2.75) is 31.6 Å². The maximum Gasteiger partial charge on any atom is 0.233 e. The number of nitrogens with one attached hydrogen (secondary N) is 1. The average molecular weight is 378 g/mol. The summed E-state index contributed by atoms with van der Waals surface area (Å²) in [6.07, 6.45) is 1.19. The third-order valence-corrected chi connectivity index (χ3v) is 6.20. The van der Waals surface area contributed by atoms with Crippen LogP contribution >= 0.6 is 11.3 Å². The summed E-state index contributed by atoms with van der Waals surface area (Å²) >= 11 is 1.63. The van der Waals surface area contributed by atoms with Gasteiger partial charge >= 0.3 is 0 Å². The van der Waals surface area contributed by atoms with E-state index in [0.717, 1.165) is 40.1 Å². The van der Waals surface area contributed by atoms with E-state index in [0.29, 0.717) is 12.3 Å². The molecule has 2 N–H and O–H groups in total. The van der Waals surface area contributed by atoms with Crippen molar-refractivity contribution in [3.8, 4) is 5.75 Å². The molecule has 0 radical (unpaired) electrons. The summed E-state index contributed by atoms with van der Waals surface area (Å²) < 4.78 is 5.52. The van der Waals surface area contributed by atoms with E-state index in [1.54, 1.807) is 23.5 Å². The average Bonchev–Trinajstić information content (AvgIpc) is 3.31. The van der Waals surface area contributed by atoms with Gasteiger partial charge in [0.05, 0.1) is 11.3 Å². The molecule has 2 atom stereocenters. The van der Waals surface area contributed by atoms with Gasteiger partial charge in [-0.2, -0.15) is 11.3 Å². The van der Waals surface area contributed by atoms with Crippen molar-refractivity contribution >= 4 is 23.0 Å². The van der Waals surface area contributed by atoms with E-state index in [9.17, 15) is 9.90 Å². The smallest absolute Gasteiger partial charge is 0.233 e. The highest BCUT2D eigenvalue weighted by molar-refractivity contribution is 7.08. The number of ketones is 1. The molecule has 3 aromatic rings. The SMILES string of the molecule is Cc1noc2c1[C@@H](c1ccsc1)C1=C(C[C@@H](c3ccc(O)cc3)CC1=O)N2. The van der Waals surface area contributed by atoms with Crippen LogP contribution in [0, 0.1) is 6.92 Å². The summed E-state index contributed by atoms with van der Waals surface area (Å²) in [5.41, 5.74) is 5.70. The third-order valence-electron chi connectivity index (χ3n) is 5.50. The van der Waals surface area contributed by atoms with Crippen molar-refractivity contribution < 1.29 is 14.4 Å². The fourth-order valence-corrected chi connectivity index (χ4v) is 4.91. The molecule has 27 heavy (non-hydrogen) atoms. The zero-order valence-electron chi connectivity index (χ0n) is 14.7. The van der Waals surface area contributed by atoms with E-state index in [-0.39, 0.29) is 23.4 Å². The van der Waals surface area contributed by atoms with Crippen LogP contribution in [0.4, 0.5) is 5.88 Å². The number of benzene rings is 1. The highest BCUT2D eigenvalue weighted by Gasteiger charge is 2.41. The van der Waals surface area contributed by atoms with Crippen LogP contribution in [0.2, 0.25) is 0 Å². The number of thiophene rings is 1. The zero-order chi connectivity index (χ0) is 18.5. The molecule has 3 heterocycles. The lowest BCUT2D eigenvalue weighted by Gasteiger charge is -2.34. The van der Waals surface area contributed by atoms with E-state index in [4.69, 9.17) is 4.52 Å². The maximum atomic E-state index is 13.2. The van der Waals surface area contributed by atoms with Crippen LogP contribution in [0.25, 0.3) is 0 Å². The Morgan fingerprint density at radius 3 is 2.74 bits per heavy atom. The van der Waals surface area contributed by atoms with E-state index in [2.05, 4.69) is 21.9 Å². The van der Waals surface area contributed by atoms with Crippen LogP contribution < -0.4 is 5.32 Å². The number of aromatic nitrogens is 1. The number of hydrogen-bond acceptors (Lipinski definition) is 6. The summed E-state index contributed by atoms with van der Waals surface area (Å²) in [6.45, 7) is 1.92. The monoisotopic (exact) mass is 378 g/mol. The molecule has 0 bridgehead atoms. The quantitative estimate of drug-likeness (QED) is 0.675. The fraction of sp³-hybridized carbons (Fsp3) is 0.238. The van der Waals surface area contributed by atoms with Crippen LogP contribution in [-0.4, -0.2) is 16.0 Å². The van der Waals surface area contributed by atoms with Crippen LogP contribution in [0.5, 0.6) is 5.75 Å². The van der Waals surface area contributed by atoms with E-state index in [1.807, 2.05) is 24.4 Å². The highest BCUT2D eigenvalue weighted by Crippen LogP contribution is 2.49. The number of phenolic OH excluding ortho intramolecular Hbond substituents is 1. The van der Waals surface area contributed by atoms with E-state index >= 15 is 0 Å². The molecule has 1 aliphatic heterocycles. The van der Waals surface area contributed by atoms with Gasteiger partial charge in [-0.05, 0) is 59.3 Å². The van der Waals surface area contributed by atoms with E-state index < -0.39 is 0 Å². The van der Waals surface area contributed by atoms with Gasteiger partial charge in [-0.15, -0.1) is 0 Å². The largest absolute Gasteiger partial charge is 0.508 e. The van der Waals surface area contributed by atoms with Crippen LogP contribution in [0.1, 0.15) is 47.1 Å². The number of nitrogens with zero attached hydrogens (tertiary/aromatic N) is 1. The van der Waals surface area contributed by atoms with Crippen LogP contribution in [0.3, 0.4) is 0 Å². The molecule has 2 aliphatic rings. The van der Waals surface area contributed by atoms with Crippen molar-refractivity contribution in [1.29, 1.82) is 0 Å². The lowest BCUT2D eigenvalue weighted by atomic mass is 9.73. The lowest BCUT2D eigenvalue weighted by Crippen LogP contribution is -2.29. The van der Waals surface area contributed by atoms with Gasteiger partial charge in [0.25, 0.3) is 0 Å². The summed E-state index contributed by atoms with van der Waals surface area (Å²) in [5.74, 6) is 0.988. The maximum absolute atomic E-state index is 13.2. The summed E-state index contributed by atoms with van der Waals surface area (Å²) in [5, 5.41) is 21.1. The molecule has 0 amide bonds. The second-order valence-corrected chi connectivity index (χ2v) is 7.92. The summed E-state index contributed by atoms with van der Waals surface area (Å²) in [6, 6.07) is 9.19. The number of Topliss-reactive ketones (excluding diaryl/α,β-unsaturated/α-hetero) is 1. The van der Waals surface area contributed by atoms with Crippen LogP contribution in [-0.2, 0) is 4.79 Å². The molecular formula is C21H18N2O3S. The summed E-state index contributed by atoms with van der Waals surface area (Å²) in [7, 11) is 0. The standard InChI is InChI=1S/C21H18N2O3S/c1-11-18-19(13-6-7-27-10-13)20-16(22-21(18)26-23-11)8-14(9-17(20)25)12-2-4-15(24)5-3-12/h2-7,10,14,19,22,24H,8-9H2,1H3/t14-,19-/m1/s1. The second-order valence-electron chi connectivity index (χ2n) is 7.14. The minimum Gasteiger partial charge on any atom is -0.508 e. The van der Waals surface area contributed by atoms with Crippen molar-refractivity contribution in [2.24, 2.45) is 0 Å². The molecule has 1 aliphatic carbocycles. The Hall–Kier alpha value is -2.86. The normalized spacial score (nSPS) is 21.6. The molecule has 6 heteroatoms. The van der Waals surface area contributed by atoms with Gasteiger partial charge in [0.1, 0.15) is 5.75 Å². The molecule has 2 aromatic heterocycles. The number of carbonyl (C=O) groups is 1. The Balaban J connectivity index is 1.60. The highest BCUT2D eigenvalue weighted by atomic mass is 32.1. The molecule has 5 nitrogen and oxygen atoms in total. The Bertz CT molecular complexity index is 1050. The number of fused-ring (bicyclic) bond motifs is 1. The predicted molar refractivity (Wildman–Crippen MR) is 103 cm³/mol. The molecule has 0 saturated carbocycles.